The van der Waals surface area contributed by atoms with Crippen LogP contribution in [0.1, 0.15) is 38.7 Å². The second-order valence-corrected chi connectivity index (χ2v) is 6.39. The lowest BCUT2D eigenvalue weighted by Crippen LogP contribution is -2.41. The van der Waals surface area contributed by atoms with Crippen LogP contribution in [0.2, 0.25) is 0 Å². The molecule has 0 spiro atoms. The Balaban J connectivity index is 1.81. The van der Waals surface area contributed by atoms with Crippen molar-refractivity contribution in [2.24, 2.45) is 0 Å². The van der Waals surface area contributed by atoms with E-state index >= 15 is 0 Å². The van der Waals surface area contributed by atoms with E-state index in [1.807, 2.05) is 43.0 Å². The SMILES string of the molecule is CCOc1cccc(CN(CC)C(=O)NCCC2CCCN2C)c1. The maximum atomic E-state index is 12.4. The molecule has 1 aliphatic rings. The fourth-order valence-electron chi connectivity index (χ4n) is 3.25. The summed E-state index contributed by atoms with van der Waals surface area (Å²) in [4.78, 5) is 16.6. The van der Waals surface area contributed by atoms with Gasteiger partial charge in [-0.2, -0.15) is 0 Å². The fourth-order valence-corrected chi connectivity index (χ4v) is 3.25. The fraction of sp³-hybridized carbons (Fsp3) is 0.632. The minimum Gasteiger partial charge on any atom is -0.494 e. The van der Waals surface area contributed by atoms with E-state index in [-0.39, 0.29) is 6.03 Å². The van der Waals surface area contributed by atoms with Crippen LogP contribution in [0.15, 0.2) is 24.3 Å². The summed E-state index contributed by atoms with van der Waals surface area (Å²) in [6.07, 6.45) is 3.54. The lowest BCUT2D eigenvalue weighted by Gasteiger charge is -2.23. The minimum atomic E-state index is 0.0139. The molecule has 1 aromatic carbocycles. The molecule has 0 aromatic heterocycles. The zero-order chi connectivity index (χ0) is 17.4. The molecule has 0 aliphatic carbocycles. The second-order valence-electron chi connectivity index (χ2n) is 6.39. The van der Waals surface area contributed by atoms with E-state index in [0.717, 1.165) is 24.3 Å². The monoisotopic (exact) mass is 333 g/mol. The quantitative estimate of drug-likeness (QED) is 0.795. The maximum absolute atomic E-state index is 12.4. The molecule has 1 fully saturated rings. The van der Waals surface area contributed by atoms with Gasteiger partial charge in [0, 0.05) is 25.7 Å². The Bertz CT molecular complexity index is 521. The summed E-state index contributed by atoms with van der Waals surface area (Å²) < 4.78 is 5.53. The summed E-state index contributed by atoms with van der Waals surface area (Å²) in [5.41, 5.74) is 1.09. The van der Waals surface area contributed by atoms with Crippen molar-refractivity contribution in [1.29, 1.82) is 0 Å². The highest BCUT2D eigenvalue weighted by Crippen LogP contribution is 2.17. The Morgan fingerprint density at radius 1 is 1.42 bits per heavy atom. The van der Waals surface area contributed by atoms with Gasteiger partial charge in [-0.3, -0.25) is 0 Å². The highest BCUT2D eigenvalue weighted by molar-refractivity contribution is 5.74. The molecular weight excluding hydrogens is 302 g/mol. The first-order valence-electron chi connectivity index (χ1n) is 9.08. The second kappa shape index (κ2) is 9.52. The van der Waals surface area contributed by atoms with Crippen LogP contribution >= 0.6 is 0 Å². The number of benzene rings is 1. The predicted octanol–water partition coefficient (Wildman–Crippen LogP) is 3.10. The summed E-state index contributed by atoms with van der Waals surface area (Å²) in [6, 6.07) is 8.59. The highest BCUT2D eigenvalue weighted by Gasteiger charge is 2.20. The molecule has 1 aliphatic heterocycles. The maximum Gasteiger partial charge on any atom is 0.317 e. The lowest BCUT2D eigenvalue weighted by atomic mass is 10.1. The van der Waals surface area contributed by atoms with Gasteiger partial charge in [0.05, 0.1) is 6.61 Å². The summed E-state index contributed by atoms with van der Waals surface area (Å²) in [5.74, 6) is 0.857. The molecule has 1 unspecified atom stereocenters. The molecule has 1 N–H and O–H groups in total. The molecule has 2 amide bonds. The van der Waals surface area contributed by atoms with Crippen molar-refractivity contribution < 1.29 is 9.53 Å². The van der Waals surface area contributed by atoms with Crippen molar-refractivity contribution in [2.45, 2.75) is 45.7 Å². The molecule has 24 heavy (non-hydrogen) atoms. The molecule has 1 saturated heterocycles. The van der Waals surface area contributed by atoms with E-state index in [0.29, 0.717) is 25.7 Å². The van der Waals surface area contributed by atoms with Gasteiger partial charge in [-0.15, -0.1) is 0 Å². The van der Waals surface area contributed by atoms with E-state index in [4.69, 9.17) is 4.74 Å². The lowest BCUT2D eigenvalue weighted by molar-refractivity contribution is 0.196. The number of likely N-dealkylation sites (tertiary alicyclic amines) is 1. The smallest absolute Gasteiger partial charge is 0.317 e. The van der Waals surface area contributed by atoms with Gasteiger partial charge in [0.25, 0.3) is 0 Å². The number of carbonyl (C=O) groups excluding carboxylic acids is 1. The number of nitrogens with one attached hydrogen (secondary N) is 1. The van der Waals surface area contributed by atoms with Crippen molar-refractivity contribution in [3.63, 3.8) is 0 Å². The van der Waals surface area contributed by atoms with Crippen LogP contribution < -0.4 is 10.1 Å². The topological polar surface area (TPSA) is 44.8 Å². The van der Waals surface area contributed by atoms with Crippen molar-refractivity contribution in [1.82, 2.24) is 15.1 Å². The van der Waals surface area contributed by atoms with Gasteiger partial charge in [-0.25, -0.2) is 4.79 Å². The first-order valence-corrected chi connectivity index (χ1v) is 9.08. The third-order valence-electron chi connectivity index (χ3n) is 4.68. The zero-order valence-electron chi connectivity index (χ0n) is 15.3. The number of nitrogens with zero attached hydrogens (tertiary/aromatic N) is 2. The molecular formula is C19H31N3O2. The van der Waals surface area contributed by atoms with Gasteiger partial charge in [-0.05, 0) is 64.4 Å². The van der Waals surface area contributed by atoms with Gasteiger partial charge < -0.3 is 19.9 Å². The van der Waals surface area contributed by atoms with Gasteiger partial charge in [0.1, 0.15) is 5.75 Å². The average Bonchev–Trinajstić information content (AvgIpc) is 2.98. The van der Waals surface area contributed by atoms with Crippen molar-refractivity contribution in [2.75, 3.05) is 33.3 Å². The van der Waals surface area contributed by atoms with E-state index in [1.54, 1.807) is 0 Å². The average molecular weight is 333 g/mol. The van der Waals surface area contributed by atoms with Crippen LogP contribution in [0.25, 0.3) is 0 Å². The molecule has 0 bridgehead atoms. The predicted molar refractivity (Wildman–Crippen MR) is 97.4 cm³/mol. The summed E-state index contributed by atoms with van der Waals surface area (Å²) >= 11 is 0. The Labute approximate surface area is 146 Å². The third-order valence-corrected chi connectivity index (χ3v) is 4.68. The van der Waals surface area contributed by atoms with E-state index in [9.17, 15) is 4.79 Å². The molecule has 5 heteroatoms. The number of hydrogen-bond acceptors (Lipinski definition) is 3. The molecule has 5 nitrogen and oxygen atoms in total. The van der Waals surface area contributed by atoms with Crippen LogP contribution in [0, 0.1) is 0 Å². The number of hydrogen-bond donors (Lipinski definition) is 1. The third kappa shape index (κ3) is 5.41. The molecule has 0 radical (unpaired) electrons. The van der Waals surface area contributed by atoms with Crippen molar-refractivity contribution in [3.8, 4) is 5.75 Å². The summed E-state index contributed by atoms with van der Waals surface area (Å²) in [5, 5.41) is 3.07. The summed E-state index contributed by atoms with van der Waals surface area (Å²) in [6.45, 7) is 7.84. The number of ether oxygens (including phenoxy) is 1. The standard InChI is InChI=1S/C19H31N3O2/c1-4-22(15-16-8-6-10-18(14-16)24-5-2)19(23)20-12-11-17-9-7-13-21(17)3/h6,8,10,14,17H,4-5,7,9,11-13,15H2,1-3H3,(H,20,23). The number of amides is 2. The Morgan fingerprint density at radius 2 is 2.25 bits per heavy atom. The van der Waals surface area contributed by atoms with E-state index < -0.39 is 0 Å². The van der Waals surface area contributed by atoms with E-state index in [2.05, 4.69) is 17.3 Å². The Kier molecular flexibility index (Phi) is 7.37. The molecule has 1 aromatic rings. The largest absolute Gasteiger partial charge is 0.494 e. The minimum absolute atomic E-state index is 0.0139. The van der Waals surface area contributed by atoms with Gasteiger partial charge in [0.15, 0.2) is 0 Å². The molecule has 1 heterocycles. The first-order chi connectivity index (χ1) is 11.6. The Hall–Kier alpha value is -1.75. The highest BCUT2D eigenvalue weighted by atomic mass is 16.5. The van der Waals surface area contributed by atoms with Gasteiger partial charge in [-0.1, -0.05) is 12.1 Å². The van der Waals surface area contributed by atoms with Crippen molar-refractivity contribution in [3.05, 3.63) is 29.8 Å². The normalized spacial score (nSPS) is 17.7. The molecule has 1 atom stereocenters. The van der Waals surface area contributed by atoms with Crippen LogP contribution in [0.3, 0.4) is 0 Å². The molecule has 2 rings (SSSR count). The Morgan fingerprint density at radius 3 is 2.92 bits per heavy atom. The first kappa shape index (κ1) is 18.6. The number of carbonyl (C=O) groups is 1. The molecule has 134 valence electrons. The zero-order valence-corrected chi connectivity index (χ0v) is 15.3. The molecule has 0 saturated carbocycles. The summed E-state index contributed by atoms with van der Waals surface area (Å²) in [7, 11) is 2.17. The van der Waals surface area contributed by atoms with Crippen molar-refractivity contribution >= 4 is 6.03 Å². The van der Waals surface area contributed by atoms with Crippen LogP contribution in [0.5, 0.6) is 5.75 Å². The van der Waals surface area contributed by atoms with E-state index in [1.165, 1.54) is 19.4 Å². The van der Waals surface area contributed by atoms with Gasteiger partial charge >= 0.3 is 6.03 Å². The van der Waals surface area contributed by atoms with Crippen LogP contribution in [-0.4, -0.2) is 55.2 Å². The number of urea groups is 1. The number of rotatable bonds is 8. The van der Waals surface area contributed by atoms with Crippen LogP contribution in [0.4, 0.5) is 4.79 Å². The van der Waals surface area contributed by atoms with Gasteiger partial charge in [0.2, 0.25) is 0 Å². The van der Waals surface area contributed by atoms with Crippen LogP contribution in [-0.2, 0) is 6.54 Å².